The van der Waals surface area contributed by atoms with Gasteiger partial charge in [0.1, 0.15) is 0 Å². The lowest BCUT2D eigenvalue weighted by atomic mass is 9.93. The lowest BCUT2D eigenvalue weighted by Crippen LogP contribution is -2.36. The third kappa shape index (κ3) is 2.56. The van der Waals surface area contributed by atoms with Crippen LogP contribution in [0.15, 0.2) is 24.3 Å². The molecule has 3 nitrogen and oxygen atoms in total. The molecular weight excluding hydrogens is 214 g/mol. The summed E-state index contributed by atoms with van der Waals surface area (Å²) in [5.74, 6) is 0.136. The molecule has 0 bridgehead atoms. The second-order valence-electron chi connectivity index (χ2n) is 4.45. The Morgan fingerprint density at radius 2 is 2.06 bits per heavy atom. The van der Waals surface area contributed by atoms with Crippen LogP contribution < -0.4 is 5.32 Å². The number of hydrogen-bond acceptors (Lipinski definition) is 3. The van der Waals surface area contributed by atoms with Crippen molar-refractivity contribution in [2.45, 2.75) is 19.4 Å². The summed E-state index contributed by atoms with van der Waals surface area (Å²) in [7, 11) is 1.87. The number of carbonyl (C=O) groups is 1. The third-order valence-corrected chi connectivity index (χ3v) is 3.43. The number of benzene rings is 1. The third-order valence-electron chi connectivity index (χ3n) is 3.43. The van der Waals surface area contributed by atoms with Crippen molar-refractivity contribution in [1.82, 2.24) is 5.32 Å². The Bertz CT molecular complexity index is 386. The summed E-state index contributed by atoms with van der Waals surface area (Å²) in [6, 6.07) is 8.04. The van der Waals surface area contributed by atoms with Crippen molar-refractivity contribution in [2.75, 3.05) is 20.3 Å². The molecule has 2 atom stereocenters. The van der Waals surface area contributed by atoms with Gasteiger partial charge in [-0.1, -0.05) is 31.2 Å². The molecule has 0 saturated carbocycles. The average Bonchev–Trinajstić information content (AvgIpc) is 2.86. The van der Waals surface area contributed by atoms with E-state index in [1.165, 1.54) is 5.56 Å². The van der Waals surface area contributed by atoms with Gasteiger partial charge in [-0.25, -0.2) is 0 Å². The second-order valence-corrected chi connectivity index (χ2v) is 4.45. The van der Waals surface area contributed by atoms with Crippen molar-refractivity contribution >= 4 is 5.78 Å². The Morgan fingerprint density at radius 1 is 1.35 bits per heavy atom. The molecule has 2 rings (SSSR count). The van der Waals surface area contributed by atoms with E-state index >= 15 is 0 Å². The van der Waals surface area contributed by atoms with Crippen LogP contribution >= 0.6 is 0 Å². The maximum absolute atomic E-state index is 12.3. The van der Waals surface area contributed by atoms with Crippen molar-refractivity contribution in [3.8, 4) is 0 Å². The number of carbonyl (C=O) groups excluding carboxylic acids is 1. The smallest absolute Gasteiger partial charge is 0.169 e. The fourth-order valence-electron chi connectivity index (χ4n) is 2.22. The molecule has 1 N–H and O–H groups in total. The van der Waals surface area contributed by atoms with E-state index in [0.29, 0.717) is 13.2 Å². The van der Waals surface area contributed by atoms with Gasteiger partial charge in [0.2, 0.25) is 0 Å². The zero-order valence-electron chi connectivity index (χ0n) is 10.4. The Labute approximate surface area is 102 Å². The quantitative estimate of drug-likeness (QED) is 0.804. The van der Waals surface area contributed by atoms with Crippen LogP contribution in [0, 0.1) is 5.92 Å². The highest BCUT2D eigenvalue weighted by Gasteiger charge is 2.33. The number of ketones is 1. The summed E-state index contributed by atoms with van der Waals surface area (Å²) >= 11 is 0. The summed E-state index contributed by atoms with van der Waals surface area (Å²) in [6.45, 7) is 3.26. The van der Waals surface area contributed by atoms with Crippen molar-refractivity contribution in [2.24, 2.45) is 5.92 Å². The number of nitrogens with one attached hydrogen (secondary N) is 1. The topological polar surface area (TPSA) is 38.3 Å². The zero-order chi connectivity index (χ0) is 12.3. The normalized spacial score (nSPS) is 23.9. The molecular formula is C14H19NO2. The maximum atomic E-state index is 12.3. The largest absolute Gasteiger partial charge is 0.379 e. The minimum atomic E-state index is -0.0486. The van der Waals surface area contributed by atoms with Gasteiger partial charge in [-0.2, -0.15) is 0 Å². The van der Waals surface area contributed by atoms with Crippen LogP contribution in [-0.2, 0) is 11.2 Å². The number of Topliss-reactive ketones (excluding diaryl/α,β-unsaturated/α-hetero) is 1. The van der Waals surface area contributed by atoms with Crippen LogP contribution in [0.4, 0.5) is 0 Å². The van der Waals surface area contributed by atoms with E-state index in [4.69, 9.17) is 4.74 Å². The number of rotatable bonds is 4. The fourth-order valence-corrected chi connectivity index (χ4v) is 2.22. The Balaban J connectivity index is 2.13. The van der Waals surface area contributed by atoms with Gasteiger partial charge < -0.3 is 10.1 Å². The molecule has 1 aromatic rings. The van der Waals surface area contributed by atoms with Crippen molar-refractivity contribution < 1.29 is 9.53 Å². The van der Waals surface area contributed by atoms with E-state index in [9.17, 15) is 4.79 Å². The molecule has 0 radical (unpaired) electrons. The molecule has 2 unspecified atom stereocenters. The van der Waals surface area contributed by atoms with E-state index < -0.39 is 0 Å². The molecule has 0 aromatic heterocycles. The fraction of sp³-hybridized carbons (Fsp3) is 0.500. The van der Waals surface area contributed by atoms with Crippen LogP contribution in [0.25, 0.3) is 0 Å². The average molecular weight is 233 g/mol. The SMILES string of the molecule is CCc1ccc(C(=O)C2COCC2NC)cc1. The monoisotopic (exact) mass is 233 g/mol. The summed E-state index contributed by atoms with van der Waals surface area (Å²) in [4.78, 5) is 12.3. The summed E-state index contributed by atoms with van der Waals surface area (Å²) in [6.07, 6.45) is 1.00. The molecule has 0 spiro atoms. The first-order valence-electron chi connectivity index (χ1n) is 6.14. The van der Waals surface area contributed by atoms with E-state index in [0.717, 1.165) is 12.0 Å². The van der Waals surface area contributed by atoms with E-state index in [2.05, 4.69) is 12.2 Å². The molecule has 17 heavy (non-hydrogen) atoms. The molecule has 1 aromatic carbocycles. The minimum Gasteiger partial charge on any atom is -0.379 e. The lowest BCUT2D eigenvalue weighted by molar-refractivity contribution is 0.0892. The van der Waals surface area contributed by atoms with Crippen LogP contribution in [0.2, 0.25) is 0 Å². The molecule has 0 aliphatic carbocycles. The second kappa shape index (κ2) is 5.43. The molecule has 1 heterocycles. The van der Waals surface area contributed by atoms with Gasteiger partial charge in [-0.15, -0.1) is 0 Å². The van der Waals surface area contributed by atoms with E-state index in [1.54, 1.807) is 0 Å². The highest BCUT2D eigenvalue weighted by Crippen LogP contribution is 2.19. The molecule has 1 aliphatic rings. The van der Waals surface area contributed by atoms with Gasteiger partial charge >= 0.3 is 0 Å². The summed E-state index contributed by atoms with van der Waals surface area (Å²) in [5, 5.41) is 3.14. The molecule has 1 fully saturated rings. The molecule has 0 amide bonds. The number of aryl methyl sites for hydroxylation is 1. The highest BCUT2D eigenvalue weighted by atomic mass is 16.5. The minimum absolute atomic E-state index is 0.0486. The summed E-state index contributed by atoms with van der Waals surface area (Å²) in [5.41, 5.74) is 2.05. The summed E-state index contributed by atoms with van der Waals surface area (Å²) < 4.78 is 5.36. The van der Waals surface area contributed by atoms with Crippen molar-refractivity contribution in [3.05, 3.63) is 35.4 Å². The van der Waals surface area contributed by atoms with E-state index in [1.807, 2.05) is 31.3 Å². The highest BCUT2D eigenvalue weighted by molar-refractivity contribution is 5.98. The molecule has 92 valence electrons. The van der Waals surface area contributed by atoms with E-state index in [-0.39, 0.29) is 17.7 Å². The first-order chi connectivity index (χ1) is 8.26. The molecule has 1 aliphatic heterocycles. The number of ether oxygens (including phenoxy) is 1. The maximum Gasteiger partial charge on any atom is 0.169 e. The van der Waals surface area contributed by atoms with Gasteiger partial charge in [0.15, 0.2) is 5.78 Å². The number of likely N-dealkylation sites (N-methyl/N-ethyl adjacent to an activating group) is 1. The van der Waals surface area contributed by atoms with Gasteiger partial charge in [-0.05, 0) is 19.0 Å². The predicted octanol–water partition coefficient (Wildman–Crippen LogP) is 1.67. The first kappa shape index (κ1) is 12.3. The Kier molecular flexibility index (Phi) is 3.92. The van der Waals surface area contributed by atoms with Crippen LogP contribution in [-0.4, -0.2) is 32.1 Å². The van der Waals surface area contributed by atoms with Crippen molar-refractivity contribution in [3.63, 3.8) is 0 Å². The first-order valence-corrected chi connectivity index (χ1v) is 6.14. The van der Waals surface area contributed by atoms with Gasteiger partial charge in [0.25, 0.3) is 0 Å². The zero-order valence-corrected chi connectivity index (χ0v) is 10.4. The Hall–Kier alpha value is -1.19. The number of hydrogen-bond donors (Lipinski definition) is 1. The standard InChI is InChI=1S/C14H19NO2/c1-3-10-4-6-11(7-5-10)14(16)12-8-17-9-13(12)15-2/h4-7,12-13,15H,3,8-9H2,1-2H3. The van der Waals surface area contributed by atoms with Crippen LogP contribution in [0.5, 0.6) is 0 Å². The predicted molar refractivity (Wildman–Crippen MR) is 67.3 cm³/mol. The van der Waals surface area contributed by atoms with Crippen LogP contribution in [0.1, 0.15) is 22.8 Å². The Morgan fingerprint density at radius 3 is 2.65 bits per heavy atom. The van der Waals surface area contributed by atoms with Gasteiger partial charge in [0.05, 0.1) is 19.1 Å². The lowest BCUT2D eigenvalue weighted by Gasteiger charge is -2.15. The van der Waals surface area contributed by atoms with Gasteiger partial charge in [0, 0.05) is 11.6 Å². The molecule has 3 heteroatoms. The van der Waals surface area contributed by atoms with Crippen LogP contribution in [0.3, 0.4) is 0 Å². The van der Waals surface area contributed by atoms with Crippen molar-refractivity contribution in [1.29, 1.82) is 0 Å². The molecule has 1 saturated heterocycles. The van der Waals surface area contributed by atoms with Gasteiger partial charge in [-0.3, -0.25) is 4.79 Å².